The number of sulfonamides is 1. The molecule has 1 N–H and O–H groups in total. The highest BCUT2D eigenvalue weighted by Gasteiger charge is 2.34. The highest BCUT2D eigenvalue weighted by molar-refractivity contribution is 7.89. The lowest BCUT2D eigenvalue weighted by Crippen LogP contribution is -2.48. The SMILES string of the molecule is Cc1nn(C)c(Cl)c1S(=O)(=O)N1CCN(c2ccccc2O)CC1. The van der Waals surface area contributed by atoms with Crippen LogP contribution in [0.5, 0.6) is 5.75 Å². The summed E-state index contributed by atoms with van der Waals surface area (Å²) < 4.78 is 28.5. The van der Waals surface area contributed by atoms with E-state index < -0.39 is 10.0 Å². The van der Waals surface area contributed by atoms with Gasteiger partial charge >= 0.3 is 0 Å². The lowest BCUT2D eigenvalue weighted by molar-refractivity contribution is 0.382. The smallest absolute Gasteiger partial charge is 0.248 e. The zero-order valence-corrected chi connectivity index (χ0v) is 15.0. The first-order valence-corrected chi connectivity index (χ1v) is 9.36. The van der Waals surface area contributed by atoms with Gasteiger partial charge in [-0.3, -0.25) is 4.68 Å². The molecule has 1 aliphatic heterocycles. The zero-order chi connectivity index (χ0) is 17.5. The largest absolute Gasteiger partial charge is 0.506 e. The summed E-state index contributed by atoms with van der Waals surface area (Å²) in [4.78, 5) is 2.04. The van der Waals surface area contributed by atoms with Gasteiger partial charge in [0.15, 0.2) is 0 Å². The van der Waals surface area contributed by atoms with Crippen molar-refractivity contribution in [3.8, 4) is 5.75 Å². The fraction of sp³-hybridized carbons (Fsp3) is 0.400. The van der Waals surface area contributed by atoms with Crippen LogP contribution in [0, 0.1) is 6.92 Å². The molecule has 9 heteroatoms. The predicted molar refractivity (Wildman–Crippen MR) is 92.0 cm³/mol. The van der Waals surface area contributed by atoms with Gasteiger partial charge in [0.05, 0.1) is 11.4 Å². The van der Waals surface area contributed by atoms with Crippen molar-refractivity contribution in [1.82, 2.24) is 14.1 Å². The number of halogens is 1. The topological polar surface area (TPSA) is 78.7 Å². The molecule has 7 nitrogen and oxygen atoms in total. The van der Waals surface area contributed by atoms with Gasteiger partial charge in [0.1, 0.15) is 15.8 Å². The first-order chi connectivity index (χ1) is 11.3. The number of aromatic hydroxyl groups is 1. The molecule has 1 aliphatic rings. The second-order valence-corrected chi connectivity index (χ2v) is 7.94. The predicted octanol–water partition coefficient (Wildman–Crippen LogP) is 1.60. The van der Waals surface area contributed by atoms with E-state index in [1.807, 2.05) is 17.0 Å². The van der Waals surface area contributed by atoms with Crippen LogP contribution in [0.25, 0.3) is 0 Å². The minimum Gasteiger partial charge on any atom is -0.506 e. The maximum Gasteiger partial charge on any atom is 0.248 e. The molecule has 0 bridgehead atoms. The molecular weight excluding hydrogens is 352 g/mol. The third kappa shape index (κ3) is 2.85. The summed E-state index contributed by atoms with van der Waals surface area (Å²) >= 11 is 6.11. The van der Waals surface area contributed by atoms with Crippen molar-refractivity contribution in [2.75, 3.05) is 31.1 Å². The van der Waals surface area contributed by atoms with Crippen LogP contribution < -0.4 is 4.90 Å². The maximum atomic E-state index is 12.9. The molecule has 1 aromatic heterocycles. The van der Waals surface area contributed by atoms with E-state index in [9.17, 15) is 13.5 Å². The normalized spacial score (nSPS) is 16.5. The van der Waals surface area contributed by atoms with Gasteiger partial charge in [0.25, 0.3) is 0 Å². The standard InChI is InChI=1S/C15H19ClN4O3S/c1-11-14(15(16)18(2)17-11)24(22,23)20-9-7-19(8-10-20)12-5-3-4-6-13(12)21/h3-6,21H,7-10H2,1-2H3. The average Bonchev–Trinajstić information content (AvgIpc) is 2.81. The van der Waals surface area contributed by atoms with E-state index in [1.54, 1.807) is 26.1 Å². The van der Waals surface area contributed by atoms with Crippen LogP contribution in [0.4, 0.5) is 5.69 Å². The third-order valence-electron chi connectivity index (χ3n) is 4.16. The van der Waals surface area contributed by atoms with Crippen molar-refractivity contribution in [3.63, 3.8) is 0 Å². The summed E-state index contributed by atoms with van der Waals surface area (Å²) in [5, 5.41) is 14.1. The van der Waals surface area contributed by atoms with E-state index in [0.717, 1.165) is 0 Å². The van der Waals surface area contributed by atoms with E-state index in [2.05, 4.69) is 5.10 Å². The minimum atomic E-state index is -3.69. The van der Waals surface area contributed by atoms with Gasteiger partial charge < -0.3 is 10.0 Å². The van der Waals surface area contributed by atoms with E-state index in [1.165, 1.54) is 8.99 Å². The molecule has 0 spiro atoms. The Bertz CT molecular complexity index is 858. The number of hydrogen-bond acceptors (Lipinski definition) is 5. The Hall–Kier alpha value is -1.77. The molecular formula is C15H19ClN4O3S. The lowest BCUT2D eigenvalue weighted by atomic mass is 10.2. The molecule has 0 aliphatic carbocycles. The third-order valence-corrected chi connectivity index (χ3v) is 6.75. The Morgan fingerprint density at radius 3 is 2.33 bits per heavy atom. The zero-order valence-electron chi connectivity index (χ0n) is 13.5. The first-order valence-electron chi connectivity index (χ1n) is 7.54. The summed E-state index contributed by atoms with van der Waals surface area (Å²) in [6.45, 7) is 3.27. The molecule has 130 valence electrons. The highest BCUT2D eigenvalue weighted by atomic mass is 35.5. The Morgan fingerprint density at radius 2 is 1.79 bits per heavy atom. The van der Waals surface area contributed by atoms with Crippen LogP contribution in [0.1, 0.15) is 5.69 Å². The maximum absolute atomic E-state index is 12.9. The molecule has 1 saturated heterocycles. The number of phenols is 1. The van der Waals surface area contributed by atoms with Gasteiger partial charge in [0.2, 0.25) is 10.0 Å². The van der Waals surface area contributed by atoms with Crippen molar-refractivity contribution >= 4 is 27.3 Å². The van der Waals surface area contributed by atoms with Crippen LogP contribution in [0.3, 0.4) is 0 Å². The quantitative estimate of drug-likeness (QED) is 0.887. The van der Waals surface area contributed by atoms with Crippen LogP contribution >= 0.6 is 11.6 Å². The molecule has 1 fully saturated rings. The van der Waals surface area contributed by atoms with Crippen LogP contribution in [0.15, 0.2) is 29.2 Å². The molecule has 0 radical (unpaired) electrons. The van der Waals surface area contributed by atoms with Crippen molar-refractivity contribution in [3.05, 3.63) is 35.1 Å². The van der Waals surface area contributed by atoms with Gasteiger partial charge in [0, 0.05) is 33.2 Å². The fourth-order valence-electron chi connectivity index (χ4n) is 2.93. The molecule has 0 amide bonds. The minimum absolute atomic E-state index is 0.0719. The summed E-state index contributed by atoms with van der Waals surface area (Å²) in [5.41, 5.74) is 1.11. The lowest BCUT2D eigenvalue weighted by Gasteiger charge is -2.35. The van der Waals surface area contributed by atoms with Gasteiger partial charge in [-0.1, -0.05) is 23.7 Å². The van der Waals surface area contributed by atoms with Crippen LogP contribution in [-0.4, -0.2) is 53.8 Å². The summed E-state index contributed by atoms with van der Waals surface area (Å²) in [7, 11) is -2.07. The van der Waals surface area contributed by atoms with E-state index in [-0.39, 0.29) is 15.8 Å². The Balaban J connectivity index is 1.80. The number of aryl methyl sites for hydroxylation is 2. The second-order valence-electron chi connectivity index (χ2n) is 5.71. The molecule has 2 heterocycles. The Kier molecular flexibility index (Phi) is 4.46. The fourth-order valence-corrected chi connectivity index (χ4v) is 5.06. The van der Waals surface area contributed by atoms with Gasteiger partial charge in [-0.15, -0.1) is 0 Å². The van der Waals surface area contributed by atoms with Gasteiger partial charge in [-0.05, 0) is 19.1 Å². The summed E-state index contributed by atoms with van der Waals surface area (Å²) in [6, 6.07) is 7.04. The number of aromatic nitrogens is 2. The Labute approximate surface area is 146 Å². The van der Waals surface area contributed by atoms with Crippen molar-refractivity contribution in [1.29, 1.82) is 0 Å². The van der Waals surface area contributed by atoms with E-state index >= 15 is 0 Å². The second kappa shape index (κ2) is 6.27. The van der Waals surface area contributed by atoms with Gasteiger partial charge in [-0.25, -0.2) is 8.42 Å². The van der Waals surface area contributed by atoms with Crippen molar-refractivity contribution in [2.45, 2.75) is 11.8 Å². The number of phenolic OH excluding ortho intramolecular Hbond substituents is 1. The monoisotopic (exact) mass is 370 g/mol. The van der Waals surface area contributed by atoms with E-state index in [0.29, 0.717) is 37.6 Å². The molecule has 0 saturated carbocycles. The molecule has 0 atom stereocenters. The molecule has 2 aromatic rings. The molecule has 0 unspecified atom stereocenters. The molecule has 24 heavy (non-hydrogen) atoms. The number of para-hydroxylation sites is 2. The number of piperazine rings is 1. The van der Waals surface area contributed by atoms with Crippen molar-refractivity contribution in [2.24, 2.45) is 7.05 Å². The van der Waals surface area contributed by atoms with Gasteiger partial charge in [-0.2, -0.15) is 9.40 Å². The number of anilines is 1. The number of benzene rings is 1. The van der Waals surface area contributed by atoms with Crippen LogP contribution in [-0.2, 0) is 17.1 Å². The Morgan fingerprint density at radius 1 is 1.17 bits per heavy atom. The average molecular weight is 371 g/mol. The summed E-state index contributed by atoms with van der Waals surface area (Å²) in [6.07, 6.45) is 0. The van der Waals surface area contributed by atoms with E-state index in [4.69, 9.17) is 11.6 Å². The van der Waals surface area contributed by atoms with Crippen LogP contribution in [0.2, 0.25) is 5.15 Å². The highest BCUT2D eigenvalue weighted by Crippen LogP contribution is 2.30. The molecule has 1 aromatic carbocycles. The number of hydrogen-bond donors (Lipinski definition) is 1. The molecule has 3 rings (SSSR count). The van der Waals surface area contributed by atoms with Crippen molar-refractivity contribution < 1.29 is 13.5 Å². The number of nitrogens with zero attached hydrogens (tertiary/aromatic N) is 4. The first kappa shape index (κ1) is 17.1. The number of rotatable bonds is 3. The summed E-state index contributed by atoms with van der Waals surface area (Å²) in [5.74, 6) is 0.194.